The minimum Gasteiger partial charge on any atom is -0.481 e. The molecule has 8 nitrogen and oxygen atoms in total. The molecule has 0 aromatic heterocycles. The maximum atomic E-state index is 9.00. The van der Waals surface area contributed by atoms with Crippen LogP contribution in [0.5, 0.6) is 0 Å². The summed E-state index contributed by atoms with van der Waals surface area (Å²) in [4.78, 5) is 9.00. The molecule has 0 spiro atoms. The highest BCUT2D eigenvalue weighted by molar-refractivity contribution is 5.69. The van der Waals surface area contributed by atoms with Crippen molar-refractivity contribution in [1.29, 1.82) is 0 Å². The zero-order chi connectivity index (χ0) is 12.9. The van der Waals surface area contributed by atoms with Crippen LogP contribution in [0.1, 0.15) is 0 Å². The van der Waals surface area contributed by atoms with Crippen LogP contribution in [0.25, 0.3) is 0 Å². The van der Waals surface area contributed by atoms with Crippen molar-refractivity contribution in [3.8, 4) is 0 Å². The molecule has 0 aromatic carbocycles. The topological polar surface area (TPSA) is 159 Å². The van der Waals surface area contributed by atoms with E-state index in [1.54, 1.807) is 14.2 Å². The average Bonchev–Trinajstić information content (AvgIpc) is 2.05. The largest absolute Gasteiger partial charge is 0.481 e. The zero-order valence-electron chi connectivity index (χ0n) is 8.67. The number of aliphatic hydroxyl groups excluding tert-OH is 3. The van der Waals surface area contributed by atoms with Crippen molar-refractivity contribution in [2.24, 2.45) is 11.5 Å². The van der Waals surface area contributed by atoms with Gasteiger partial charge in [0.1, 0.15) is 0 Å². The second-order valence-corrected chi connectivity index (χ2v) is 2.05. The van der Waals surface area contributed by atoms with E-state index >= 15 is 0 Å². The van der Waals surface area contributed by atoms with E-state index in [1.807, 2.05) is 0 Å². The Kier molecular flexibility index (Phi) is 19.1. The van der Waals surface area contributed by atoms with Gasteiger partial charge >= 0.3 is 6.03 Å². The Morgan fingerprint density at radius 3 is 1.33 bits per heavy atom. The van der Waals surface area contributed by atoms with E-state index in [0.717, 1.165) is 0 Å². The molecule has 0 aliphatic rings. The molecule has 8 N–H and O–H groups in total. The van der Waals surface area contributed by atoms with Gasteiger partial charge in [0, 0.05) is 14.2 Å². The van der Waals surface area contributed by atoms with Crippen LogP contribution >= 0.6 is 0 Å². The molecule has 8 heteroatoms. The summed E-state index contributed by atoms with van der Waals surface area (Å²) in [7, 11) is 3.25. The number of primary amides is 2. The summed E-state index contributed by atoms with van der Waals surface area (Å²) in [6, 6.07) is -0.833. The molecule has 0 fully saturated rings. The standard InChI is InChI=1S/C4H8O4.C2H6O.CH4N2O/c5-1-3(2-6)4(7)8;1-3-2;2-1(3)4/h5-8H,1-2H2;1-2H3;(H4,2,3,4). The fourth-order valence-corrected chi connectivity index (χ4v) is 0.191. The Labute approximate surface area is 87.4 Å². The van der Waals surface area contributed by atoms with Gasteiger partial charge in [-0.3, -0.25) is 0 Å². The molecule has 0 aromatic rings. The van der Waals surface area contributed by atoms with Gasteiger partial charge in [0.15, 0.2) is 0 Å². The molecule has 0 saturated carbocycles. The van der Waals surface area contributed by atoms with Gasteiger partial charge in [-0.15, -0.1) is 0 Å². The Balaban J connectivity index is -0.000000173. The van der Waals surface area contributed by atoms with Crippen LogP contribution in [0.3, 0.4) is 0 Å². The maximum Gasteiger partial charge on any atom is 0.309 e. The van der Waals surface area contributed by atoms with Gasteiger partial charge in [-0.25, -0.2) is 4.79 Å². The smallest absolute Gasteiger partial charge is 0.309 e. The maximum absolute atomic E-state index is 9.00. The summed E-state index contributed by atoms with van der Waals surface area (Å²) >= 11 is 0. The van der Waals surface area contributed by atoms with Gasteiger partial charge in [0.2, 0.25) is 0 Å². The molecule has 0 heterocycles. The van der Waals surface area contributed by atoms with Crippen molar-refractivity contribution in [1.82, 2.24) is 0 Å². The van der Waals surface area contributed by atoms with Gasteiger partial charge < -0.3 is 36.6 Å². The van der Waals surface area contributed by atoms with Crippen molar-refractivity contribution in [2.75, 3.05) is 27.4 Å². The molecule has 15 heavy (non-hydrogen) atoms. The fraction of sp³-hybridized carbons (Fsp3) is 0.571. The third-order valence-corrected chi connectivity index (χ3v) is 0.698. The molecule has 2 amide bonds. The summed E-state index contributed by atoms with van der Waals surface area (Å²) in [6.45, 7) is -1.06. The number of ether oxygens (including phenoxy) is 1. The molecule has 0 bridgehead atoms. The molecular formula is C7H18N2O6. The number of rotatable bonds is 2. The number of carbonyl (C=O) groups excluding carboxylic acids is 1. The minimum atomic E-state index is -1.00. The molecule has 0 aliphatic heterocycles. The van der Waals surface area contributed by atoms with E-state index in [1.165, 1.54) is 0 Å². The highest BCUT2D eigenvalue weighted by Crippen LogP contribution is 1.93. The van der Waals surface area contributed by atoms with Gasteiger partial charge in [0.25, 0.3) is 5.95 Å². The minimum absolute atomic E-state index is 0.176. The Bertz CT molecular complexity index is 168. The number of hydrogen-bond acceptors (Lipinski definition) is 6. The normalized spacial score (nSPS) is 7.47. The van der Waals surface area contributed by atoms with E-state index < -0.39 is 25.2 Å². The summed E-state index contributed by atoms with van der Waals surface area (Å²) in [5.41, 5.74) is 8.32. The van der Waals surface area contributed by atoms with Crippen LogP contribution < -0.4 is 11.5 Å². The lowest BCUT2D eigenvalue weighted by Crippen LogP contribution is -2.18. The van der Waals surface area contributed by atoms with Crippen molar-refractivity contribution in [3.63, 3.8) is 0 Å². The Morgan fingerprint density at radius 2 is 1.33 bits per heavy atom. The SMILES string of the molecule is COC.NC(N)=O.OCC(CO)=C(O)O. The monoisotopic (exact) mass is 226 g/mol. The molecule has 0 unspecified atom stereocenters. The lowest BCUT2D eigenvalue weighted by molar-refractivity contribution is 0.163. The molecule has 0 rings (SSSR count). The fourth-order valence-electron chi connectivity index (χ4n) is 0.191. The molecule has 0 aliphatic carbocycles. The molecular weight excluding hydrogens is 208 g/mol. The highest BCUT2D eigenvalue weighted by Gasteiger charge is 1.98. The Hall–Kier alpha value is -1.51. The summed E-state index contributed by atoms with van der Waals surface area (Å²) in [6.07, 6.45) is 0. The number of aliphatic hydroxyl groups is 4. The molecule has 0 radical (unpaired) electrons. The lowest BCUT2D eigenvalue weighted by atomic mass is 10.3. The summed E-state index contributed by atoms with van der Waals surface area (Å²) < 4.78 is 4.25. The first kappa shape index (κ1) is 19.1. The van der Waals surface area contributed by atoms with Gasteiger partial charge in [-0.1, -0.05) is 0 Å². The van der Waals surface area contributed by atoms with E-state index in [0.29, 0.717) is 0 Å². The van der Waals surface area contributed by atoms with Crippen LogP contribution in [0.4, 0.5) is 4.79 Å². The predicted octanol–water partition coefficient (Wildman–Crippen LogP) is -1.41. The van der Waals surface area contributed by atoms with Crippen LogP contribution in [0.2, 0.25) is 0 Å². The third kappa shape index (κ3) is 32.6. The van der Waals surface area contributed by atoms with E-state index in [2.05, 4.69) is 16.2 Å². The quantitative estimate of drug-likeness (QED) is 0.317. The number of nitrogens with two attached hydrogens (primary N) is 2. The number of urea groups is 1. The molecule has 0 atom stereocenters. The second-order valence-electron chi connectivity index (χ2n) is 2.05. The van der Waals surface area contributed by atoms with Crippen molar-refractivity contribution in [3.05, 3.63) is 11.5 Å². The van der Waals surface area contributed by atoms with Crippen molar-refractivity contribution >= 4 is 6.03 Å². The summed E-state index contributed by atoms with van der Waals surface area (Å²) in [5, 5.41) is 32.6. The lowest BCUT2D eigenvalue weighted by Gasteiger charge is -1.95. The van der Waals surface area contributed by atoms with Crippen LogP contribution in [-0.2, 0) is 4.74 Å². The summed E-state index contributed by atoms with van der Waals surface area (Å²) in [5.74, 6) is -1.00. The van der Waals surface area contributed by atoms with Crippen LogP contribution in [0, 0.1) is 0 Å². The number of methoxy groups -OCH3 is 1. The van der Waals surface area contributed by atoms with Crippen molar-refractivity contribution in [2.45, 2.75) is 0 Å². The highest BCUT2D eigenvalue weighted by atomic mass is 16.5. The van der Waals surface area contributed by atoms with E-state index in [-0.39, 0.29) is 5.57 Å². The first-order valence-corrected chi connectivity index (χ1v) is 3.63. The van der Waals surface area contributed by atoms with E-state index in [4.69, 9.17) is 25.2 Å². The number of amides is 2. The number of carbonyl (C=O) groups is 1. The third-order valence-electron chi connectivity index (χ3n) is 0.698. The van der Waals surface area contributed by atoms with Gasteiger partial charge in [-0.2, -0.15) is 0 Å². The van der Waals surface area contributed by atoms with E-state index in [9.17, 15) is 0 Å². The second kappa shape index (κ2) is 15.0. The predicted molar refractivity (Wildman–Crippen MR) is 53.2 cm³/mol. The molecule has 0 saturated heterocycles. The first-order valence-electron chi connectivity index (χ1n) is 3.63. The van der Waals surface area contributed by atoms with Crippen LogP contribution in [0.15, 0.2) is 11.5 Å². The first-order chi connectivity index (χ1) is 6.87. The van der Waals surface area contributed by atoms with Crippen molar-refractivity contribution < 1.29 is 30.0 Å². The average molecular weight is 226 g/mol. The van der Waals surface area contributed by atoms with Crippen LogP contribution in [-0.4, -0.2) is 53.9 Å². The Morgan fingerprint density at radius 1 is 1.13 bits per heavy atom. The molecule has 92 valence electrons. The van der Waals surface area contributed by atoms with Gasteiger partial charge in [0.05, 0.1) is 18.8 Å². The van der Waals surface area contributed by atoms with Gasteiger partial charge in [-0.05, 0) is 0 Å². The zero-order valence-corrected chi connectivity index (χ0v) is 8.67. The number of hydrogen-bond donors (Lipinski definition) is 6.